The van der Waals surface area contributed by atoms with Crippen molar-refractivity contribution in [3.05, 3.63) is 29.8 Å². The Hall–Kier alpha value is -2.09. The van der Waals surface area contributed by atoms with Crippen molar-refractivity contribution >= 4 is 17.5 Å². The highest BCUT2D eigenvalue weighted by atomic mass is 19.4. The monoisotopic (exact) mass is 329 g/mol. The number of carbonyl (C=O) groups excluding carboxylic acids is 2. The van der Waals surface area contributed by atoms with E-state index in [0.29, 0.717) is 13.0 Å². The van der Waals surface area contributed by atoms with Crippen LogP contribution in [0.3, 0.4) is 0 Å². The molecule has 0 spiro atoms. The van der Waals surface area contributed by atoms with Gasteiger partial charge >= 0.3 is 6.18 Å². The quantitative estimate of drug-likeness (QED) is 0.887. The van der Waals surface area contributed by atoms with Gasteiger partial charge in [0.15, 0.2) is 0 Å². The Bertz CT molecular complexity index is 590. The van der Waals surface area contributed by atoms with Crippen LogP contribution in [0.15, 0.2) is 24.3 Å². The molecule has 3 N–H and O–H groups in total. The number of likely N-dealkylation sites (tertiary alicyclic amines) is 1. The minimum absolute atomic E-state index is 0.0671. The summed E-state index contributed by atoms with van der Waals surface area (Å²) in [4.78, 5) is 25.1. The third kappa shape index (κ3) is 4.69. The number of piperidine rings is 1. The van der Waals surface area contributed by atoms with Gasteiger partial charge in [-0.1, -0.05) is 12.5 Å². The maximum atomic E-state index is 12.6. The molecule has 1 aromatic rings. The summed E-state index contributed by atoms with van der Waals surface area (Å²) >= 11 is 0. The fraction of sp³-hybridized carbons (Fsp3) is 0.467. The van der Waals surface area contributed by atoms with E-state index in [1.165, 1.54) is 12.1 Å². The van der Waals surface area contributed by atoms with Crippen molar-refractivity contribution < 1.29 is 22.8 Å². The number of hydrogen-bond acceptors (Lipinski definition) is 3. The Morgan fingerprint density at radius 2 is 2.04 bits per heavy atom. The van der Waals surface area contributed by atoms with Crippen LogP contribution in [0.5, 0.6) is 0 Å². The van der Waals surface area contributed by atoms with Gasteiger partial charge in [-0.25, -0.2) is 0 Å². The molecule has 0 saturated carbocycles. The number of primary amides is 1. The Kier molecular flexibility index (Phi) is 5.25. The molecule has 2 rings (SSSR count). The van der Waals surface area contributed by atoms with Gasteiger partial charge in [-0.15, -0.1) is 0 Å². The zero-order chi connectivity index (χ0) is 17.0. The second-order valence-corrected chi connectivity index (χ2v) is 5.51. The zero-order valence-corrected chi connectivity index (χ0v) is 12.4. The summed E-state index contributed by atoms with van der Waals surface area (Å²) in [5, 5.41) is 2.43. The van der Waals surface area contributed by atoms with Crippen molar-refractivity contribution in [2.75, 3.05) is 18.4 Å². The summed E-state index contributed by atoms with van der Waals surface area (Å²) in [6, 6.07) is 3.92. The lowest BCUT2D eigenvalue weighted by atomic mass is 10.0. The van der Waals surface area contributed by atoms with Crippen LogP contribution in [-0.2, 0) is 15.8 Å². The Morgan fingerprint density at radius 1 is 1.30 bits per heavy atom. The molecular formula is C15H18F3N3O2. The molecule has 1 atom stereocenters. The first-order valence-corrected chi connectivity index (χ1v) is 7.28. The fourth-order valence-electron chi connectivity index (χ4n) is 2.66. The maximum absolute atomic E-state index is 12.6. The molecular weight excluding hydrogens is 311 g/mol. The van der Waals surface area contributed by atoms with Crippen LogP contribution in [0.2, 0.25) is 0 Å². The molecule has 0 aromatic heterocycles. The average molecular weight is 329 g/mol. The van der Waals surface area contributed by atoms with Crippen LogP contribution in [-0.4, -0.2) is 35.8 Å². The highest BCUT2D eigenvalue weighted by Gasteiger charge is 2.31. The van der Waals surface area contributed by atoms with Crippen molar-refractivity contribution in [1.29, 1.82) is 0 Å². The van der Waals surface area contributed by atoms with E-state index in [4.69, 9.17) is 5.73 Å². The van der Waals surface area contributed by atoms with E-state index >= 15 is 0 Å². The number of benzene rings is 1. The molecule has 1 aliphatic rings. The molecule has 126 valence electrons. The predicted octanol–water partition coefficient (Wildman–Crippen LogP) is 1.98. The Labute approximate surface area is 131 Å². The number of carbonyl (C=O) groups is 2. The molecule has 1 aliphatic heterocycles. The number of amides is 2. The SMILES string of the molecule is NC(=O)C1CCCCN1CC(=O)Nc1cccc(C(F)(F)F)c1. The van der Waals surface area contributed by atoms with Crippen LogP contribution in [0.1, 0.15) is 24.8 Å². The van der Waals surface area contributed by atoms with Crippen molar-refractivity contribution in [2.24, 2.45) is 5.73 Å². The molecule has 5 nitrogen and oxygen atoms in total. The lowest BCUT2D eigenvalue weighted by Crippen LogP contribution is -2.50. The Morgan fingerprint density at radius 3 is 2.70 bits per heavy atom. The standard InChI is InChI=1S/C15H18F3N3O2/c16-15(17,18)10-4-3-5-11(8-10)20-13(22)9-21-7-2-1-6-12(21)14(19)23/h3-5,8,12H,1-2,6-7,9H2,(H2,19,23)(H,20,22). The van der Waals surface area contributed by atoms with Crippen LogP contribution in [0.25, 0.3) is 0 Å². The third-order valence-electron chi connectivity index (χ3n) is 3.76. The highest BCUT2D eigenvalue weighted by molar-refractivity contribution is 5.93. The second-order valence-electron chi connectivity index (χ2n) is 5.51. The number of nitrogens with zero attached hydrogens (tertiary/aromatic N) is 1. The zero-order valence-electron chi connectivity index (χ0n) is 12.4. The summed E-state index contributed by atoms with van der Waals surface area (Å²) in [5.74, 6) is -0.964. The van der Waals surface area contributed by atoms with E-state index in [9.17, 15) is 22.8 Å². The second kappa shape index (κ2) is 6.99. The van der Waals surface area contributed by atoms with E-state index in [1.54, 1.807) is 4.90 Å². The average Bonchev–Trinajstić information content (AvgIpc) is 2.46. The first-order chi connectivity index (χ1) is 10.8. The highest BCUT2D eigenvalue weighted by Crippen LogP contribution is 2.30. The summed E-state index contributed by atoms with van der Waals surface area (Å²) in [5.41, 5.74) is 4.55. The molecule has 8 heteroatoms. The number of nitrogens with two attached hydrogens (primary N) is 1. The lowest BCUT2D eigenvalue weighted by molar-refractivity contribution is -0.137. The van der Waals surface area contributed by atoms with E-state index in [1.807, 2.05) is 0 Å². The van der Waals surface area contributed by atoms with Crippen LogP contribution in [0, 0.1) is 0 Å². The minimum Gasteiger partial charge on any atom is -0.368 e. The van der Waals surface area contributed by atoms with Gasteiger partial charge in [-0.2, -0.15) is 13.2 Å². The minimum atomic E-state index is -4.47. The molecule has 1 saturated heterocycles. The normalized spacial score (nSPS) is 19.3. The summed E-state index contributed by atoms with van der Waals surface area (Å²) in [6.45, 7) is 0.480. The van der Waals surface area contributed by atoms with Gasteiger partial charge in [0.05, 0.1) is 18.2 Å². The molecule has 1 aromatic carbocycles. The van der Waals surface area contributed by atoms with Gasteiger partial charge < -0.3 is 11.1 Å². The summed E-state index contributed by atoms with van der Waals surface area (Å²) in [6.07, 6.45) is -2.17. The number of anilines is 1. The largest absolute Gasteiger partial charge is 0.416 e. The topological polar surface area (TPSA) is 75.4 Å². The summed E-state index contributed by atoms with van der Waals surface area (Å²) in [7, 11) is 0. The van der Waals surface area contributed by atoms with Crippen molar-refractivity contribution in [2.45, 2.75) is 31.5 Å². The van der Waals surface area contributed by atoms with Gasteiger partial charge in [0.2, 0.25) is 11.8 Å². The van der Waals surface area contributed by atoms with Crippen LogP contribution >= 0.6 is 0 Å². The lowest BCUT2D eigenvalue weighted by Gasteiger charge is -2.32. The van der Waals surface area contributed by atoms with E-state index in [2.05, 4.69) is 5.32 Å². The van der Waals surface area contributed by atoms with Crippen LogP contribution < -0.4 is 11.1 Å². The summed E-state index contributed by atoms with van der Waals surface area (Å²) < 4.78 is 37.9. The number of rotatable bonds is 4. The van der Waals surface area contributed by atoms with E-state index in [-0.39, 0.29) is 12.2 Å². The van der Waals surface area contributed by atoms with Gasteiger partial charge in [-0.05, 0) is 37.6 Å². The number of halogens is 3. The smallest absolute Gasteiger partial charge is 0.368 e. The molecule has 23 heavy (non-hydrogen) atoms. The van der Waals surface area contributed by atoms with Gasteiger partial charge in [0.25, 0.3) is 0 Å². The number of hydrogen-bond donors (Lipinski definition) is 2. The first-order valence-electron chi connectivity index (χ1n) is 7.28. The van der Waals surface area contributed by atoms with Crippen molar-refractivity contribution in [3.63, 3.8) is 0 Å². The van der Waals surface area contributed by atoms with Gasteiger partial charge in [0, 0.05) is 5.69 Å². The molecule has 0 aliphatic carbocycles. The molecule has 0 radical (unpaired) electrons. The third-order valence-corrected chi connectivity index (χ3v) is 3.76. The molecule has 1 fully saturated rings. The van der Waals surface area contributed by atoms with E-state index < -0.39 is 29.6 Å². The molecule has 2 amide bonds. The molecule has 1 heterocycles. The predicted molar refractivity (Wildman–Crippen MR) is 78.5 cm³/mol. The molecule has 1 unspecified atom stereocenters. The number of alkyl halides is 3. The number of nitrogens with one attached hydrogen (secondary N) is 1. The van der Waals surface area contributed by atoms with E-state index in [0.717, 1.165) is 25.0 Å². The van der Waals surface area contributed by atoms with Crippen molar-refractivity contribution in [3.8, 4) is 0 Å². The van der Waals surface area contributed by atoms with Crippen LogP contribution in [0.4, 0.5) is 18.9 Å². The maximum Gasteiger partial charge on any atom is 0.416 e. The van der Waals surface area contributed by atoms with Gasteiger partial charge in [0.1, 0.15) is 0 Å². The first kappa shape index (κ1) is 17.3. The Balaban J connectivity index is 2.00. The fourth-order valence-corrected chi connectivity index (χ4v) is 2.66. The van der Waals surface area contributed by atoms with Crippen molar-refractivity contribution in [1.82, 2.24) is 4.90 Å². The van der Waals surface area contributed by atoms with Gasteiger partial charge in [-0.3, -0.25) is 14.5 Å². The molecule has 0 bridgehead atoms.